The third-order valence-electron chi connectivity index (χ3n) is 4.68. The molecule has 3 heteroatoms. The Bertz CT molecular complexity index is 1200. The van der Waals surface area contributed by atoms with E-state index >= 15 is 0 Å². The summed E-state index contributed by atoms with van der Waals surface area (Å²) in [6.07, 6.45) is 0. The first-order valence-electron chi connectivity index (χ1n) is 8.86. The van der Waals surface area contributed by atoms with E-state index in [4.69, 9.17) is 4.42 Å². The van der Waals surface area contributed by atoms with Gasteiger partial charge in [-0.3, -0.25) is 0 Å². The number of rotatable bonds is 3. The van der Waals surface area contributed by atoms with Gasteiger partial charge in [-0.25, -0.2) is 0 Å². The number of benzene rings is 4. The zero-order valence-electron chi connectivity index (χ0n) is 14.5. The molecule has 128 valence electrons. The van der Waals surface area contributed by atoms with Crippen molar-refractivity contribution in [1.29, 1.82) is 0 Å². The third-order valence-corrected chi connectivity index (χ3v) is 4.68. The lowest BCUT2D eigenvalue weighted by Gasteiger charge is -2.03. The summed E-state index contributed by atoms with van der Waals surface area (Å²) in [5, 5.41) is 10.8. The maximum Gasteiger partial charge on any atom is 0.248 e. The minimum absolute atomic E-state index is 0.526. The maximum atomic E-state index is 5.99. The molecule has 0 unspecified atom stereocenters. The van der Waals surface area contributed by atoms with Gasteiger partial charge in [-0.1, -0.05) is 78.9 Å². The standard InChI is InChI=1S/C24H16N2O/c1-2-7-17(8-3-1)18-13-15-20(16-14-18)23-25-26-24(27-23)22-12-6-10-19-9-4-5-11-21(19)22/h1-16H. The second-order valence-corrected chi connectivity index (χ2v) is 6.38. The normalized spacial score (nSPS) is 11.0. The highest BCUT2D eigenvalue weighted by atomic mass is 16.4. The lowest BCUT2D eigenvalue weighted by atomic mass is 10.0. The first kappa shape index (κ1) is 15.5. The summed E-state index contributed by atoms with van der Waals surface area (Å²) < 4.78 is 5.99. The Morgan fingerprint density at radius 2 is 1.11 bits per heavy atom. The van der Waals surface area contributed by atoms with Crippen LogP contribution in [0.3, 0.4) is 0 Å². The molecule has 0 fully saturated rings. The summed E-state index contributed by atoms with van der Waals surface area (Å²) in [7, 11) is 0. The van der Waals surface area contributed by atoms with Crippen molar-refractivity contribution in [2.75, 3.05) is 0 Å². The van der Waals surface area contributed by atoms with Crippen LogP contribution in [0.4, 0.5) is 0 Å². The van der Waals surface area contributed by atoms with Gasteiger partial charge in [-0.15, -0.1) is 10.2 Å². The quantitative estimate of drug-likeness (QED) is 0.388. The fraction of sp³-hybridized carbons (Fsp3) is 0. The van der Waals surface area contributed by atoms with Gasteiger partial charge in [0.25, 0.3) is 0 Å². The average molecular weight is 348 g/mol. The summed E-state index contributed by atoms with van der Waals surface area (Å²) in [6, 6.07) is 32.8. The van der Waals surface area contributed by atoms with Crippen molar-refractivity contribution in [3.05, 3.63) is 97.1 Å². The lowest BCUT2D eigenvalue weighted by molar-refractivity contribution is 0.585. The van der Waals surface area contributed by atoms with Crippen molar-refractivity contribution >= 4 is 10.8 Å². The van der Waals surface area contributed by atoms with Crippen LogP contribution in [0.1, 0.15) is 0 Å². The Morgan fingerprint density at radius 1 is 0.481 bits per heavy atom. The van der Waals surface area contributed by atoms with Gasteiger partial charge in [0.05, 0.1) is 0 Å². The monoisotopic (exact) mass is 348 g/mol. The zero-order chi connectivity index (χ0) is 18.1. The molecule has 0 aliphatic carbocycles. The number of hydrogen-bond donors (Lipinski definition) is 0. The van der Waals surface area contributed by atoms with Gasteiger partial charge in [-0.05, 0) is 40.1 Å². The second-order valence-electron chi connectivity index (χ2n) is 6.38. The molecule has 1 heterocycles. The minimum Gasteiger partial charge on any atom is -0.416 e. The Morgan fingerprint density at radius 3 is 1.96 bits per heavy atom. The number of nitrogens with zero attached hydrogens (tertiary/aromatic N) is 2. The van der Waals surface area contributed by atoms with E-state index in [9.17, 15) is 0 Å². The van der Waals surface area contributed by atoms with Crippen LogP contribution in [0.2, 0.25) is 0 Å². The van der Waals surface area contributed by atoms with Gasteiger partial charge in [0.2, 0.25) is 11.8 Å². The van der Waals surface area contributed by atoms with Crippen LogP contribution in [0.15, 0.2) is 101 Å². The van der Waals surface area contributed by atoms with Crippen molar-refractivity contribution in [1.82, 2.24) is 10.2 Å². The van der Waals surface area contributed by atoms with Gasteiger partial charge in [0.1, 0.15) is 0 Å². The van der Waals surface area contributed by atoms with E-state index in [-0.39, 0.29) is 0 Å². The molecule has 0 saturated heterocycles. The predicted octanol–water partition coefficient (Wildman–Crippen LogP) is 6.22. The summed E-state index contributed by atoms with van der Waals surface area (Å²) in [6.45, 7) is 0. The molecule has 0 aliphatic heterocycles. The second kappa shape index (κ2) is 6.54. The SMILES string of the molecule is c1ccc(-c2ccc(-c3nnc(-c4cccc5ccccc45)o3)cc2)cc1. The first-order chi connectivity index (χ1) is 13.4. The molecule has 0 radical (unpaired) electrons. The van der Waals surface area contributed by atoms with Crippen molar-refractivity contribution < 1.29 is 4.42 Å². The predicted molar refractivity (Wildman–Crippen MR) is 108 cm³/mol. The third kappa shape index (κ3) is 2.89. The molecule has 4 aromatic carbocycles. The molecule has 0 saturated carbocycles. The van der Waals surface area contributed by atoms with Gasteiger partial charge in [0.15, 0.2) is 0 Å². The highest BCUT2D eigenvalue weighted by molar-refractivity contribution is 5.94. The van der Waals surface area contributed by atoms with Gasteiger partial charge < -0.3 is 4.42 Å². The minimum atomic E-state index is 0.526. The van der Waals surface area contributed by atoms with Crippen LogP contribution >= 0.6 is 0 Å². The topological polar surface area (TPSA) is 38.9 Å². The van der Waals surface area contributed by atoms with E-state index in [0.717, 1.165) is 27.5 Å². The van der Waals surface area contributed by atoms with E-state index in [1.54, 1.807) is 0 Å². The summed E-state index contributed by atoms with van der Waals surface area (Å²) in [4.78, 5) is 0. The number of aromatic nitrogens is 2. The van der Waals surface area contributed by atoms with Crippen molar-refractivity contribution in [2.45, 2.75) is 0 Å². The fourth-order valence-corrected chi connectivity index (χ4v) is 3.30. The smallest absolute Gasteiger partial charge is 0.248 e. The average Bonchev–Trinajstić information content (AvgIpc) is 3.24. The van der Waals surface area contributed by atoms with Crippen molar-refractivity contribution in [2.24, 2.45) is 0 Å². The van der Waals surface area contributed by atoms with Gasteiger partial charge >= 0.3 is 0 Å². The Labute approximate surface area is 156 Å². The van der Waals surface area contributed by atoms with Crippen LogP contribution < -0.4 is 0 Å². The van der Waals surface area contributed by atoms with Crippen LogP contribution in [0.25, 0.3) is 44.8 Å². The molecule has 5 aromatic rings. The van der Waals surface area contributed by atoms with E-state index in [1.807, 2.05) is 54.6 Å². The lowest BCUT2D eigenvalue weighted by Crippen LogP contribution is -1.81. The molecule has 0 spiro atoms. The first-order valence-corrected chi connectivity index (χ1v) is 8.86. The van der Waals surface area contributed by atoms with Crippen LogP contribution in [-0.4, -0.2) is 10.2 Å². The molecule has 27 heavy (non-hydrogen) atoms. The highest BCUT2D eigenvalue weighted by Gasteiger charge is 2.13. The van der Waals surface area contributed by atoms with Crippen molar-refractivity contribution in [3.8, 4) is 34.0 Å². The fourth-order valence-electron chi connectivity index (χ4n) is 3.30. The zero-order valence-corrected chi connectivity index (χ0v) is 14.5. The molecule has 0 bridgehead atoms. The molecular weight excluding hydrogens is 332 g/mol. The van der Waals surface area contributed by atoms with E-state index in [0.29, 0.717) is 11.8 Å². The summed E-state index contributed by atoms with van der Waals surface area (Å²) in [5.74, 6) is 1.06. The molecule has 0 aliphatic rings. The Kier molecular flexibility index (Phi) is 3.76. The maximum absolute atomic E-state index is 5.99. The summed E-state index contributed by atoms with van der Waals surface area (Å²) in [5.41, 5.74) is 4.21. The molecular formula is C24H16N2O. The Hall–Kier alpha value is -3.72. The van der Waals surface area contributed by atoms with Crippen molar-refractivity contribution in [3.63, 3.8) is 0 Å². The molecule has 1 aromatic heterocycles. The van der Waals surface area contributed by atoms with E-state index in [1.165, 1.54) is 5.56 Å². The van der Waals surface area contributed by atoms with Crippen LogP contribution in [0, 0.1) is 0 Å². The van der Waals surface area contributed by atoms with Crippen LogP contribution in [0.5, 0.6) is 0 Å². The molecule has 0 N–H and O–H groups in total. The van der Waals surface area contributed by atoms with E-state index < -0.39 is 0 Å². The molecule has 3 nitrogen and oxygen atoms in total. The Balaban J connectivity index is 1.50. The molecule has 0 amide bonds. The van der Waals surface area contributed by atoms with Crippen LogP contribution in [-0.2, 0) is 0 Å². The highest BCUT2D eigenvalue weighted by Crippen LogP contribution is 2.30. The summed E-state index contributed by atoms with van der Waals surface area (Å²) >= 11 is 0. The molecule has 5 rings (SSSR count). The number of hydrogen-bond acceptors (Lipinski definition) is 3. The van der Waals surface area contributed by atoms with E-state index in [2.05, 4.69) is 52.7 Å². The van der Waals surface area contributed by atoms with Gasteiger partial charge in [0, 0.05) is 11.1 Å². The van der Waals surface area contributed by atoms with Gasteiger partial charge in [-0.2, -0.15) is 0 Å². The number of fused-ring (bicyclic) bond motifs is 1. The largest absolute Gasteiger partial charge is 0.416 e. The molecule has 0 atom stereocenters.